The Labute approximate surface area is 191 Å². The number of pyridine rings is 1. The molecule has 0 bridgehead atoms. The third kappa shape index (κ3) is 3.79. The van der Waals surface area contributed by atoms with E-state index in [9.17, 15) is 13.6 Å². The summed E-state index contributed by atoms with van der Waals surface area (Å²) in [6, 6.07) is 12.7. The van der Waals surface area contributed by atoms with Crippen LogP contribution in [0.15, 0.2) is 67.1 Å². The summed E-state index contributed by atoms with van der Waals surface area (Å²) in [6.07, 6.45) is 6.91. The Bertz CT molecular complexity index is 1540. The molecule has 5 aromatic rings. The van der Waals surface area contributed by atoms with Gasteiger partial charge in [-0.3, -0.25) is 9.48 Å². The Kier molecular flexibility index (Phi) is 4.65. The molecule has 1 N–H and O–H groups in total. The van der Waals surface area contributed by atoms with Crippen LogP contribution in [0.4, 0.5) is 14.6 Å². The summed E-state index contributed by atoms with van der Waals surface area (Å²) in [7, 11) is 0. The number of hydrogen-bond acceptors (Lipinski definition) is 5. The number of aromatic nitrogens is 6. The van der Waals surface area contributed by atoms with Crippen molar-refractivity contribution in [2.45, 2.75) is 18.9 Å². The number of benzene rings is 1. The SMILES string of the molecule is O=C(Nc1cn2nc(-c3cn(C4CC4)nc3-c3ccc(F)cc3)ccc2n1)c1ccnc(F)c1. The zero-order valence-corrected chi connectivity index (χ0v) is 17.7. The lowest BCUT2D eigenvalue weighted by atomic mass is 10.1. The number of imidazole rings is 1. The Morgan fingerprint density at radius 3 is 2.59 bits per heavy atom. The fourth-order valence-corrected chi connectivity index (χ4v) is 3.74. The van der Waals surface area contributed by atoms with Gasteiger partial charge in [-0.05, 0) is 55.3 Å². The monoisotopic (exact) mass is 457 g/mol. The van der Waals surface area contributed by atoms with Crippen molar-refractivity contribution in [3.8, 4) is 22.5 Å². The Balaban J connectivity index is 1.35. The summed E-state index contributed by atoms with van der Waals surface area (Å²) in [5.41, 5.74) is 3.64. The highest BCUT2D eigenvalue weighted by Gasteiger charge is 2.27. The van der Waals surface area contributed by atoms with Gasteiger partial charge in [0.1, 0.15) is 11.5 Å². The molecule has 0 unspecified atom stereocenters. The van der Waals surface area contributed by atoms with Crippen molar-refractivity contribution in [3.05, 3.63) is 84.4 Å². The molecule has 0 aliphatic heterocycles. The minimum absolute atomic E-state index is 0.134. The van der Waals surface area contributed by atoms with Gasteiger partial charge in [-0.2, -0.15) is 14.6 Å². The summed E-state index contributed by atoms with van der Waals surface area (Å²) in [4.78, 5) is 20.2. The standard InChI is InChI=1S/C24H17F2N7O/c25-16-3-1-14(2-4-16)23-18(12-32(31-23)17-5-6-17)19-7-8-22-28-21(13-33(22)30-19)29-24(34)15-9-10-27-20(26)11-15/h1-4,7-13,17H,5-6H2,(H,29,34). The maximum absolute atomic E-state index is 13.5. The van der Waals surface area contributed by atoms with Gasteiger partial charge in [0.25, 0.3) is 5.91 Å². The van der Waals surface area contributed by atoms with E-state index in [0.29, 0.717) is 23.1 Å². The Hall–Kier alpha value is -4.47. The number of halogens is 2. The molecule has 1 fully saturated rings. The predicted octanol–water partition coefficient (Wildman–Crippen LogP) is 4.52. The molecule has 1 amide bonds. The van der Waals surface area contributed by atoms with Crippen molar-refractivity contribution in [1.82, 2.24) is 29.4 Å². The smallest absolute Gasteiger partial charge is 0.257 e. The number of fused-ring (bicyclic) bond motifs is 1. The van der Waals surface area contributed by atoms with Crippen LogP contribution in [0.3, 0.4) is 0 Å². The van der Waals surface area contributed by atoms with Crippen molar-refractivity contribution in [1.29, 1.82) is 0 Å². The van der Waals surface area contributed by atoms with Crippen LogP contribution in [0.5, 0.6) is 0 Å². The molecule has 0 radical (unpaired) electrons. The summed E-state index contributed by atoms with van der Waals surface area (Å²) in [6.45, 7) is 0. The fourth-order valence-electron chi connectivity index (χ4n) is 3.74. The second-order valence-corrected chi connectivity index (χ2v) is 8.08. The number of carbonyl (C=O) groups is 1. The van der Waals surface area contributed by atoms with Gasteiger partial charge in [0.2, 0.25) is 5.95 Å². The normalized spacial score (nSPS) is 13.4. The molecule has 10 heteroatoms. The maximum atomic E-state index is 13.5. The van der Waals surface area contributed by atoms with Crippen LogP contribution in [0.2, 0.25) is 0 Å². The topological polar surface area (TPSA) is 90.0 Å². The molecule has 0 atom stereocenters. The van der Waals surface area contributed by atoms with Crippen LogP contribution < -0.4 is 5.32 Å². The first-order chi connectivity index (χ1) is 16.5. The zero-order valence-electron chi connectivity index (χ0n) is 17.7. The Morgan fingerprint density at radius 2 is 1.82 bits per heavy atom. The van der Waals surface area contributed by atoms with E-state index in [2.05, 4.69) is 20.4 Å². The van der Waals surface area contributed by atoms with E-state index in [0.717, 1.165) is 30.0 Å². The molecule has 4 aromatic heterocycles. The van der Waals surface area contributed by atoms with Gasteiger partial charge in [-0.15, -0.1) is 0 Å². The van der Waals surface area contributed by atoms with Crippen LogP contribution in [0.1, 0.15) is 29.2 Å². The number of carbonyl (C=O) groups excluding carboxylic acids is 1. The summed E-state index contributed by atoms with van der Waals surface area (Å²) in [5.74, 6) is -1.28. The van der Waals surface area contributed by atoms with E-state index in [1.54, 1.807) is 28.9 Å². The predicted molar refractivity (Wildman–Crippen MR) is 120 cm³/mol. The number of nitrogens with one attached hydrogen (secondary N) is 1. The third-order valence-corrected chi connectivity index (χ3v) is 5.60. The van der Waals surface area contributed by atoms with Crippen molar-refractivity contribution in [3.63, 3.8) is 0 Å². The van der Waals surface area contributed by atoms with E-state index in [-0.39, 0.29) is 17.2 Å². The van der Waals surface area contributed by atoms with E-state index in [1.807, 2.05) is 16.9 Å². The number of hydrogen-bond donors (Lipinski definition) is 1. The molecule has 1 saturated carbocycles. The van der Waals surface area contributed by atoms with Crippen molar-refractivity contribution >= 4 is 17.4 Å². The molecule has 168 valence electrons. The minimum atomic E-state index is -0.738. The first-order valence-corrected chi connectivity index (χ1v) is 10.7. The van der Waals surface area contributed by atoms with Crippen LogP contribution >= 0.6 is 0 Å². The van der Waals surface area contributed by atoms with E-state index in [4.69, 9.17) is 5.10 Å². The van der Waals surface area contributed by atoms with E-state index < -0.39 is 11.9 Å². The van der Waals surface area contributed by atoms with Crippen LogP contribution in [-0.4, -0.2) is 35.3 Å². The molecule has 34 heavy (non-hydrogen) atoms. The lowest BCUT2D eigenvalue weighted by Gasteiger charge is -2.03. The second kappa shape index (κ2) is 7.84. The first-order valence-electron chi connectivity index (χ1n) is 10.7. The third-order valence-electron chi connectivity index (χ3n) is 5.60. The van der Waals surface area contributed by atoms with Crippen molar-refractivity contribution < 1.29 is 13.6 Å². The molecule has 4 heterocycles. The maximum Gasteiger partial charge on any atom is 0.257 e. The number of rotatable bonds is 5. The molecule has 0 spiro atoms. The van der Waals surface area contributed by atoms with E-state index in [1.165, 1.54) is 24.4 Å². The van der Waals surface area contributed by atoms with Gasteiger partial charge in [0.05, 0.1) is 17.9 Å². The van der Waals surface area contributed by atoms with Crippen LogP contribution in [0, 0.1) is 11.8 Å². The fraction of sp³-hybridized carbons (Fsp3) is 0.125. The molecular formula is C24H17F2N7O. The molecule has 8 nitrogen and oxygen atoms in total. The number of anilines is 1. The lowest BCUT2D eigenvalue weighted by molar-refractivity contribution is 0.102. The highest BCUT2D eigenvalue weighted by atomic mass is 19.1. The van der Waals surface area contributed by atoms with Gasteiger partial charge in [-0.1, -0.05) is 0 Å². The second-order valence-electron chi connectivity index (χ2n) is 8.08. The molecule has 6 rings (SSSR count). The van der Waals surface area contributed by atoms with Gasteiger partial charge in [-0.25, -0.2) is 18.9 Å². The van der Waals surface area contributed by atoms with Gasteiger partial charge < -0.3 is 5.32 Å². The average Bonchev–Trinajstić information content (AvgIpc) is 3.46. The largest absolute Gasteiger partial charge is 0.305 e. The molecule has 1 aliphatic rings. The highest BCUT2D eigenvalue weighted by Crippen LogP contribution is 2.38. The number of amides is 1. The zero-order chi connectivity index (χ0) is 23.2. The lowest BCUT2D eigenvalue weighted by Crippen LogP contribution is -2.12. The van der Waals surface area contributed by atoms with Gasteiger partial charge in [0.15, 0.2) is 11.5 Å². The highest BCUT2D eigenvalue weighted by molar-refractivity contribution is 6.03. The summed E-state index contributed by atoms with van der Waals surface area (Å²) in [5, 5.41) is 12.1. The average molecular weight is 457 g/mol. The van der Waals surface area contributed by atoms with Crippen LogP contribution in [0.25, 0.3) is 28.2 Å². The van der Waals surface area contributed by atoms with Gasteiger partial charge >= 0.3 is 0 Å². The Morgan fingerprint density at radius 1 is 1.00 bits per heavy atom. The summed E-state index contributed by atoms with van der Waals surface area (Å²) < 4.78 is 30.3. The first kappa shape index (κ1) is 20.2. The van der Waals surface area contributed by atoms with E-state index >= 15 is 0 Å². The van der Waals surface area contributed by atoms with Crippen molar-refractivity contribution in [2.75, 3.05) is 5.32 Å². The van der Waals surface area contributed by atoms with Gasteiger partial charge in [0, 0.05) is 35.2 Å². The molecule has 0 saturated heterocycles. The minimum Gasteiger partial charge on any atom is -0.305 e. The molecule has 1 aliphatic carbocycles. The van der Waals surface area contributed by atoms with Crippen molar-refractivity contribution in [2.24, 2.45) is 0 Å². The quantitative estimate of drug-likeness (QED) is 0.392. The molecule has 1 aromatic carbocycles. The van der Waals surface area contributed by atoms with Crippen LogP contribution in [-0.2, 0) is 0 Å². The number of nitrogens with zero attached hydrogens (tertiary/aromatic N) is 6. The molecular weight excluding hydrogens is 440 g/mol. The summed E-state index contributed by atoms with van der Waals surface area (Å²) >= 11 is 0.